The molecular weight excluding hydrogens is 152 g/mol. The molecule has 0 spiro atoms. The number of hydrogen-bond acceptors (Lipinski definition) is 0. The van der Waals surface area contributed by atoms with Crippen LogP contribution < -0.4 is 0 Å². The second-order valence-electron chi connectivity index (χ2n) is 4.04. The summed E-state index contributed by atoms with van der Waals surface area (Å²) in [6.07, 6.45) is 5.32. The first-order chi connectivity index (χ1) is 5.14. The van der Waals surface area contributed by atoms with Crippen molar-refractivity contribution < 1.29 is 0 Å². The Morgan fingerprint density at radius 3 is 1.91 bits per heavy atom. The largest absolute Gasteiger partial charge is 0.240 e. The van der Waals surface area contributed by atoms with E-state index in [-0.39, 0.29) is 10.0 Å². The van der Waals surface area contributed by atoms with E-state index >= 15 is 0 Å². The smallest absolute Gasteiger partial charge is 0.0114 e. The van der Waals surface area contributed by atoms with E-state index < -0.39 is 0 Å². The average Bonchev–Trinajstić information content (AvgIpc) is 2.72. The van der Waals surface area contributed by atoms with Gasteiger partial charge < -0.3 is 0 Å². The molecule has 1 aliphatic rings. The SMILES string of the molecule is CCC(CC)C(C)S1(C)CC1. The maximum atomic E-state index is 2.54. The lowest BCUT2D eigenvalue weighted by Crippen LogP contribution is -2.16. The van der Waals surface area contributed by atoms with Gasteiger partial charge in [0.1, 0.15) is 0 Å². The molecule has 1 heteroatoms. The summed E-state index contributed by atoms with van der Waals surface area (Å²) in [5.41, 5.74) is 0. The third-order valence-electron chi connectivity index (χ3n) is 3.46. The highest BCUT2D eigenvalue weighted by Crippen LogP contribution is 2.64. The van der Waals surface area contributed by atoms with Crippen LogP contribution in [0, 0.1) is 5.92 Å². The maximum Gasteiger partial charge on any atom is -0.0114 e. The Balaban J connectivity index is 2.44. The van der Waals surface area contributed by atoms with Crippen LogP contribution in [0.4, 0.5) is 0 Å². The van der Waals surface area contributed by atoms with Crippen LogP contribution in [0.3, 0.4) is 0 Å². The van der Waals surface area contributed by atoms with E-state index in [9.17, 15) is 0 Å². The van der Waals surface area contributed by atoms with Crippen LogP contribution in [-0.4, -0.2) is 23.0 Å². The van der Waals surface area contributed by atoms with Crippen molar-refractivity contribution in [3.05, 3.63) is 0 Å². The van der Waals surface area contributed by atoms with Crippen molar-refractivity contribution in [2.24, 2.45) is 5.92 Å². The second kappa shape index (κ2) is 3.38. The van der Waals surface area contributed by atoms with Gasteiger partial charge in [-0.2, -0.15) is 0 Å². The lowest BCUT2D eigenvalue weighted by atomic mass is 10.0. The molecule has 1 saturated heterocycles. The normalized spacial score (nSPS) is 26.6. The van der Waals surface area contributed by atoms with Crippen LogP contribution in [0.15, 0.2) is 0 Å². The molecule has 0 nitrogen and oxygen atoms in total. The van der Waals surface area contributed by atoms with Crippen molar-refractivity contribution in [1.29, 1.82) is 0 Å². The van der Waals surface area contributed by atoms with Crippen molar-refractivity contribution >= 4 is 10.0 Å². The summed E-state index contributed by atoms with van der Waals surface area (Å²) in [6.45, 7) is 7.17. The van der Waals surface area contributed by atoms with Gasteiger partial charge in [0.05, 0.1) is 0 Å². The molecule has 1 unspecified atom stereocenters. The summed E-state index contributed by atoms with van der Waals surface area (Å²) in [5.74, 6) is 4.13. The maximum absolute atomic E-state index is 2.54. The zero-order valence-electron chi connectivity index (χ0n) is 8.39. The molecular formula is C10H22S. The monoisotopic (exact) mass is 174 g/mol. The highest BCUT2D eigenvalue weighted by atomic mass is 32.3. The fourth-order valence-electron chi connectivity index (χ4n) is 1.92. The molecule has 0 saturated carbocycles. The summed E-state index contributed by atoms with van der Waals surface area (Å²) in [7, 11) is -0.0763. The molecule has 0 bridgehead atoms. The summed E-state index contributed by atoms with van der Waals surface area (Å²) in [4.78, 5) is 0. The molecule has 0 aromatic rings. The highest BCUT2D eigenvalue weighted by Gasteiger charge is 2.39. The summed E-state index contributed by atoms with van der Waals surface area (Å²) in [5, 5.41) is 1.04. The average molecular weight is 174 g/mol. The molecule has 11 heavy (non-hydrogen) atoms. The number of hydrogen-bond donors (Lipinski definition) is 0. The van der Waals surface area contributed by atoms with Crippen LogP contribution in [0.2, 0.25) is 0 Å². The van der Waals surface area contributed by atoms with Crippen LogP contribution in [0.5, 0.6) is 0 Å². The van der Waals surface area contributed by atoms with Crippen LogP contribution in [-0.2, 0) is 0 Å². The molecule has 0 radical (unpaired) electrons. The predicted molar refractivity (Wildman–Crippen MR) is 56.8 cm³/mol. The zero-order chi connectivity index (χ0) is 8.48. The molecule has 1 heterocycles. The molecule has 1 fully saturated rings. The van der Waals surface area contributed by atoms with Crippen LogP contribution in [0.1, 0.15) is 33.6 Å². The van der Waals surface area contributed by atoms with E-state index in [1.54, 1.807) is 11.5 Å². The Bertz CT molecular complexity index is 123. The Labute approximate surface area is 73.1 Å². The minimum absolute atomic E-state index is 0.0763. The first-order valence-electron chi connectivity index (χ1n) is 4.86. The fraction of sp³-hybridized carbons (Fsp3) is 1.00. The third kappa shape index (κ3) is 1.93. The predicted octanol–water partition coefficient (Wildman–Crippen LogP) is 3.26. The van der Waals surface area contributed by atoms with Gasteiger partial charge in [0, 0.05) is 0 Å². The van der Waals surface area contributed by atoms with Gasteiger partial charge in [-0.15, -0.1) is 0 Å². The van der Waals surface area contributed by atoms with Gasteiger partial charge in [-0.05, 0) is 28.9 Å². The quantitative estimate of drug-likeness (QED) is 0.574. The van der Waals surface area contributed by atoms with Crippen LogP contribution >= 0.6 is 10.0 Å². The van der Waals surface area contributed by atoms with E-state index in [1.807, 2.05) is 0 Å². The summed E-state index contributed by atoms with van der Waals surface area (Å²) >= 11 is 0. The van der Waals surface area contributed by atoms with Gasteiger partial charge in [-0.1, -0.05) is 33.6 Å². The van der Waals surface area contributed by atoms with E-state index in [4.69, 9.17) is 0 Å². The fourth-order valence-corrected chi connectivity index (χ4v) is 5.03. The molecule has 0 aromatic heterocycles. The Hall–Kier alpha value is 0.350. The molecule has 1 rings (SSSR count). The first kappa shape index (κ1) is 9.44. The highest BCUT2D eigenvalue weighted by molar-refractivity contribution is 8.39. The number of rotatable bonds is 4. The third-order valence-corrected chi connectivity index (χ3v) is 7.33. The van der Waals surface area contributed by atoms with Gasteiger partial charge in [0.2, 0.25) is 0 Å². The molecule has 0 amide bonds. The molecule has 0 aromatic carbocycles. The summed E-state index contributed by atoms with van der Waals surface area (Å²) < 4.78 is 0. The first-order valence-corrected chi connectivity index (χ1v) is 7.31. The lowest BCUT2D eigenvalue weighted by Gasteiger charge is -2.30. The minimum Gasteiger partial charge on any atom is -0.240 e. The van der Waals surface area contributed by atoms with E-state index in [0.29, 0.717) is 0 Å². The van der Waals surface area contributed by atoms with Gasteiger partial charge in [0.15, 0.2) is 0 Å². The molecule has 1 aliphatic heterocycles. The molecule has 1 atom stereocenters. The zero-order valence-corrected chi connectivity index (χ0v) is 9.21. The van der Waals surface area contributed by atoms with Gasteiger partial charge in [0.25, 0.3) is 0 Å². The Morgan fingerprint density at radius 1 is 1.18 bits per heavy atom. The Morgan fingerprint density at radius 2 is 1.64 bits per heavy atom. The Kier molecular flexibility index (Phi) is 2.90. The standard InChI is InChI=1S/C10H22S/c1-5-10(6-2)9(3)11(4)7-8-11/h9-10H,5-8H2,1-4H3. The molecule has 0 aliphatic carbocycles. The topological polar surface area (TPSA) is 0 Å². The second-order valence-corrected chi connectivity index (χ2v) is 8.30. The molecule has 0 N–H and O–H groups in total. The van der Waals surface area contributed by atoms with Gasteiger partial charge >= 0.3 is 0 Å². The van der Waals surface area contributed by atoms with Gasteiger partial charge in [-0.25, -0.2) is 10.0 Å². The van der Waals surface area contributed by atoms with E-state index in [0.717, 1.165) is 11.2 Å². The van der Waals surface area contributed by atoms with Crippen molar-refractivity contribution in [3.63, 3.8) is 0 Å². The van der Waals surface area contributed by atoms with Crippen molar-refractivity contribution in [2.75, 3.05) is 17.8 Å². The van der Waals surface area contributed by atoms with E-state index in [2.05, 4.69) is 27.0 Å². The van der Waals surface area contributed by atoms with Crippen LogP contribution in [0.25, 0.3) is 0 Å². The van der Waals surface area contributed by atoms with Crippen molar-refractivity contribution in [3.8, 4) is 0 Å². The summed E-state index contributed by atoms with van der Waals surface area (Å²) in [6, 6.07) is 0. The minimum atomic E-state index is -0.0763. The van der Waals surface area contributed by atoms with Crippen molar-refractivity contribution in [1.82, 2.24) is 0 Å². The van der Waals surface area contributed by atoms with Gasteiger partial charge in [-0.3, -0.25) is 0 Å². The molecule has 68 valence electrons. The van der Waals surface area contributed by atoms with Crippen molar-refractivity contribution in [2.45, 2.75) is 38.9 Å². The van der Waals surface area contributed by atoms with E-state index in [1.165, 1.54) is 12.8 Å². The lowest BCUT2D eigenvalue weighted by molar-refractivity contribution is 0.487.